The van der Waals surface area contributed by atoms with E-state index in [2.05, 4.69) is 5.32 Å². The Morgan fingerprint density at radius 1 is 1.40 bits per heavy atom. The first-order valence-electron chi connectivity index (χ1n) is 8.14. The minimum Gasteiger partial charge on any atom is -0.482 e. The highest BCUT2D eigenvalue weighted by Crippen LogP contribution is 2.30. The van der Waals surface area contributed by atoms with Crippen molar-refractivity contribution >= 4 is 27.5 Å². The average Bonchev–Trinajstić information content (AvgIpc) is 2.61. The van der Waals surface area contributed by atoms with Gasteiger partial charge in [-0.15, -0.1) is 0 Å². The summed E-state index contributed by atoms with van der Waals surface area (Å²) in [6.45, 7) is 4.79. The number of hydrogen-bond acceptors (Lipinski definition) is 5. The van der Waals surface area contributed by atoms with Crippen LogP contribution in [0.2, 0.25) is 5.02 Å². The van der Waals surface area contributed by atoms with Crippen LogP contribution >= 0.6 is 11.6 Å². The Hall–Kier alpha value is -1.35. The van der Waals surface area contributed by atoms with E-state index in [1.165, 1.54) is 22.5 Å². The zero-order valence-corrected chi connectivity index (χ0v) is 15.9. The normalized spacial score (nSPS) is 17.1. The van der Waals surface area contributed by atoms with Crippen molar-refractivity contribution in [1.82, 2.24) is 9.62 Å². The van der Waals surface area contributed by atoms with Gasteiger partial charge in [0.1, 0.15) is 10.6 Å². The van der Waals surface area contributed by atoms with E-state index in [9.17, 15) is 13.2 Å². The molecule has 0 aliphatic carbocycles. The second-order valence-electron chi connectivity index (χ2n) is 5.77. The molecule has 0 aromatic heterocycles. The van der Waals surface area contributed by atoms with Gasteiger partial charge < -0.3 is 14.8 Å². The van der Waals surface area contributed by atoms with Gasteiger partial charge in [0.2, 0.25) is 10.0 Å². The Morgan fingerprint density at radius 3 is 2.72 bits per heavy atom. The number of morpholine rings is 1. The van der Waals surface area contributed by atoms with Crippen molar-refractivity contribution in [2.75, 3.05) is 32.9 Å². The van der Waals surface area contributed by atoms with E-state index in [0.29, 0.717) is 13.2 Å². The molecule has 1 atom stereocenters. The molecule has 1 N–H and O–H groups in total. The summed E-state index contributed by atoms with van der Waals surface area (Å²) in [5, 5.41) is 3.05. The number of carbonyl (C=O) groups excluding carboxylic acids is 1. The lowest BCUT2D eigenvalue weighted by Gasteiger charge is -2.26. The fraction of sp³-hybridized carbons (Fsp3) is 0.562. The van der Waals surface area contributed by atoms with Crippen LogP contribution < -0.4 is 10.1 Å². The molecule has 0 unspecified atom stereocenters. The lowest BCUT2D eigenvalue weighted by atomic mass is 10.2. The minimum absolute atomic E-state index is 0.0258. The van der Waals surface area contributed by atoms with Gasteiger partial charge in [0, 0.05) is 24.2 Å². The number of rotatable bonds is 7. The number of carbonyl (C=O) groups is 1. The van der Waals surface area contributed by atoms with Crippen LogP contribution in [0.15, 0.2) is 23.1 Å². The van der Waals surface area contributed by atoms with Crippen molar-refractivity contribution in [3.05, 3.63) is 23.2 Å². The molecule has 9 heteroatoms. The molecule has 0 saturated carbocycles. The fourth-order valence-electron chi connectivity index (χ4n) is 2.29. The van der Waals surface area contributed by atoms with Gasteiger partial charge in [-0.25, -0.2) is 8.42 Å². The molecule has 2 rings (SSSR count). The first-order chi connectivity index (χ1) is 11.8. The molecular weight excluding hydrogens is 368 g/mol. The summed E-state index contributed by atoms with van der Waals surface area (Å²) in [6.07, 6.45) is 0.795. The van der Waals surface area contributed by atoms with Gasteiger partial charge in [-0.3, -0.25) is 4.79 Å². The van der Waals surface area contributed by atoms with Crippen LogP contribution in [0.25, 0.3) is 0 Å². The largest absolute Gasteiger partial charge is 0.482 e. The predicted octanol–water partition coefficient (Wildman–Crippen LogP) is 1.65. The summed E-state index contributed by atoms with van der Waals surface area (Å²) in [7, 11) is -3.78. The van der Waals surface area contributed by atoms with Crippen LogP contribution in [0, 0.1) is 0 Å². The third-order valence-corrected chi connectivity index (χ3v) is 6.03. The van der Waals surface area contributed by atoms with Gasteiger partial charge in [0.15, 0.2) is 6.61 Å². The highest BCUT2D eigenvalue weighted by atomic mass is 35.5. The molecule has 1 aromatic carbocycles. The van der Waals surface area contributed by atoms with Gasteiger partial charge in [-0.2, -0.15) is 4.31 Å². The molecular formula is C16H23ClN2O5S. The highest BCUT2D eigenvalue weighted by molar-refractivity contribution is 7.89. The van der Waals surface area contributed by atoms with E-state index in [-0.39, 0.29) is 47.3 Å². The molecule has 140 valence electrons. The van der Waals surface area contributed by atoms with Crippen LogP contribution in [0.4, 0.5) is 0 Å². The molecule has 1 saturated heterocycles. The molecule has 1 fully saturated rings. The number of ether oxygens (including phenoxy) is 2. The lowest BCUT2D eigenvalue weighted by Crippen LogP contribution is -2.41. The van der Waals surface area contributed by atoms with Gasteiger partial charge in [0.05, 0.1) is 13.2 Å². The zero-order chi connectivity index (χ0) is 18.4. The van der Waals surface area contributed by atoms with E-state index < -0.39 is 10.0 Å². The topological polar surface area (TPSA) is 84.9 Å². The summed E-state index contributed by atoms with van der Waals surface area (Å²) in [5.41, 5.74) is 0. The first-order valence-corrected chi connectivity index (χ1v) is 9.96. The van der Waals surface area contributed by atoms with Crippen LogP contribution in [-0.2, 0) is 19.6 Å². The third kappa shape index (κ3) is 5.31. The Balaban J connectivity index is 2.18. The van der Waals surface area contributed by atoms with Crippen molar-refractivity contribution < 1.29 is 22.7 Å². The SMILES string of the molecule is CC[C@@H](C)NC(=O)COc1ccc(Cl)cc1S(=O)(=O)N1CCOCC1. The van der Waals surface area contributed by atoms with Crippen molar-refractivity contribution in [3.8, 4) is 5.75 Å². The Labute approximate surface area is 153 Å². The molecule has 0 radical (unpaired) electrons. The molecule has 0 bridgehead atoms. The molecule has 0 spiro atoms. The van der Waals surface area contributed by atoms with E-state index in [1.807, 2.05) is 13.8 Å². The number of sulfonamides is 1. The summed E-state index contributed by atoms with van der Waals surface area (Å²) < 4.78 is 37.7. The standard InChI is InChI=1S/C16H23ClN2O5S/c1-3-12(2)18-16(20)11-24-14-5-4-13(17)10-15(14)25(21,22)19-6-8-23-9-7-19/h4-5,10,12H,3,6-9,11H2,1-2H3,(H,18,20)/t12-/m1/s1. The van der Waals surface area contributed by atoms with Crippen molar-refractivity contribution in [2.24, 2.45) is 0 Å². The number of hydrogen-bond donors (Lipinski definition) is 1. The van der Waals surface area contributed by atoms with E-state index in [1.54, 1.807) is 0 Å². The van der Waals surface area contributed by atoms with Crippen LogP contribution in [0.1, 0.15) is 20.3 Å². The Bertz CT molecular complexity index is 704. The number of nitrogens with one attached hydrogen (secondary N) is 1. The monoisotopic (exact) mass is 390 g/mol. The summed E-state index contributed by atoms with van der Waals surface area (Å²) in [4.78, 5) is 11.8. The van der Waals surface area contributed by atoms with Crippen LogP contribution in [0.5, 0.6) is 5.75 Å². The Kier molecular flexibility index (Phi) is 7.06. The van der Waals surface area contributed by atoms with Crippen molar-refractivity contribution in [2.45, 2.75) is 31.2 Å². The number of nitrogens with zero attached hydrogens (tertiary/aromatic N) is 1. The lowest BCUT2D eigenvalue weighted by molar-refractivity contribution is -0.123. The number of halogens is 1. The summed E-state index contributed by atoms with van der Waals surface area (Å²) in [5.74, 6) is -0.200. The van der Waals surface area contributed by atoms with Gasteiger partial charge in [-0.1, -0.05) is 18.5 Å². The second kappa shape index (κ2) is 8.84. The van der Waals surface area contributed by atoms with E-state index >= 15 is 0 Å². The van der Waals surface area contributed by atoms with Crippen molar-refractivity contribution in [3.63, 3.8) is 0 Å². The second-order valence-corrected chi connectivity index (χ2v) is 8.12. The Morgan fingerprint density at radius 2 is 2.08 bits per heavy atom. The van der Waals surface area contributed by atoms with Crippen molar-refractivity contribution in [1.29, 1.82) is 0 Å². The van der Waals surface area contributed by atoms with E-state index in [4.69, 9.17) is 21.1 Å². The highest BCUT2D eigenvalue weighted by Gasteiger charge is 2.29. The maximum Gasteiger partial charge on any atom is 0.258 e. The first kappa shape index (κ1) is 20.0. The maximum absolute atomic E-state index is 12.9. The molecule has 25 heavy (non-hydrogen) atoms. The molecule has 1 heterocycles. The average molecular weight is 391 g/mol. The quantitative estimate of drug-likeness (QED) is 0.765. The number of benzene rings is 1. The van der Waals surface area contributed by atoms with Gasteiger partial charge in [0.25, 0.3) is 5.91 Å². The molecule has 1 aromatic rings. The third-order valence-electron chi connectivity index (χ3n) is 3.87. The smallest absolute Gasteiger partial charge is 0.258 e. The predicted molar refractivity (Wildman–Crippen MR) is 94.4 cm³/mol. The zero-order valence-electron chi connectivity index (χ0n) is 14.3. The fourth-order valence-corrected chi connectivity index (χ4v) is 4.09. The summed E-state index contributed by atoms with van der Waals surface area (Å²) in [6, 6.07) is 4.36. The summed E-state index contributed by atoms with van der Waals surface area (Å²) >= 11 is 5.97. The maximum atomic E-state index is 12.9. The molecule has 7 nitrogen and oxygen atoms in total. The molecule has 1 aliphatic rings. The van der Waals surface area contributed by atoms with E-state index in [0.717, 1.165) is 6.42 Å². The molecule has 1 amide bonds. The molecule has 1 aliphatic heterocycles. The minimum atomic E-state index is -3.78. The van der Waals surface area contributed by atoms with Crippen LogP contribution in [0.3, 0.4) is 0 Å². The number of amides is 1. The van der Waals surface area contributed by atoms with Gasteiger partial charge in [-0.05, 0) is 31.5 Å². The van der Waals surface area contributed by atoms with Crippen LogP contribution in [-0.4, -0.2) is 57.6 Å². The van der Waals surface area contributed by atoms with Gasteiger partial charge >= 0.3 is 0 Å².